The Morgan fingerprint density at radius 1 is 0.884 bits per heavy atom. The molecule has 0 saturated carbocycles. The molecule has 1 heterocycles. The van der Waals surface area contributed by atoms with Crippen LogP contribution in [0.15, 0.2) is 60.7 Å². The lowest BCUT2D eigenvalue weighted by Gasteiger charge is -2.25. The highest BCUT2D eigenvalue weighted by molar-refractivity contribution is 5.87. The number of likely N-dealkylation sites (N-methyl/N-ethyl adjacent to an activating group) is 1. The number of ether oxygens (including phenoxy) is 3. The fraction of sp³-hybridized carbons (Fsp3) is 0.429. The first-order chi connectivity index (χ1) is 20.7. The summed E-state index contributed by atoms with van der Waals surface area (Å²) in [6.07, 6.45) is 2.22. The second-order valence-corrected chi connectivity index (χ2v) is 11.3. The molecular formula is C35H43NO7. The summed E-state index contributed by atoms with van der Waals surface area (Å²) in [7, 11) is 1.60. The van der Waals surface area contributed by atoms with E-state index in [-0.39, 0.29) is 6.61 Å². The van der Waals surface area contributed by atoms with Crippen molar-refractivity contribution in [3.63, 3.8) is 0 Å². The minimum atomic E-state index is -1.92. The van der Waals surface area contributed by atoms with E-state index in [1.807, 2.05) is 36.4 Å². The Bertz CT molecular complexity index is 1390. The Kier molecular flexibility index (Phi) is 11.6. The molecule has 2 atom stereocenters. The van der Waals surface area contributed by atoms with Crippen LogP contribution in [0.4, 0.5) is 0 Å². The van der Waals surface area contributed by atoms with Gasteiger partial charge in [0.15, 0.2) is 12.2 Å². The topological polar surface area (TPSA) is 106 Å². The van der Waals surface area contributed by atoms with Crippen LogP contribution in [-0.4, -0.2) is 66.0 Å². The van der Waals surface area contributed by atoms with Crippen LogP contribution in [-0.2, 0) is 27.2 Å². The molecule has 0 aromatic heterocycles. The molecule has 8 heteroatoms. The maximum atomic E-state index is 13.0. The minimum absolute atomic E-state index is 0.201. The van der Waals surface area contributed by atoms with Crippen molar-refractivity contribution < 1.29 is 34.0 Å². The number of aryl methyl sites for hydroxylation is 3. The number of carbonyl (C=O) groups is 2. The van der Waals surface area contributed by atoms with E-state index in [0.717, 1.165) is 54.1 Å². The number of carbonyl (C=O) groups excluding carboxylic acids is 1. The summed E-state index contributed by atoms with van der Waals surface area (Å²) in [6.45, 7) is 5.26. The van der Waals surface area contributed by atoms with Gasteiger partial charge in [-0.3, -0.25) is 4.79 Å². The van der Waals surface area contributed by atoms with Crippen molar-refractivity contribution in [2.45, 2.75) is 71.0 Å². The number of carboxylic acids is 1. The maximum Gasteiger partial charge on any atom is 0.335 e. The van der Waals surface area contributed by atoms with Crippen LogP contribution >= 0.6 is 0 Å². The van der Waals surface area contributed by atoms with Crippen molar-refractivity contribution in [1.82, 2.24) is 4.90 Å². The predicted molar refractivity (Wildman–Crippen MR) is 165 cm³/mol. The van der Waals surface area contributed by atoms with Gasteiger partial charge in [-0.05, 0) is 92.5 Å². The smallest absolute Gasteiger partial charge is 0.335 e. The number of aliphatic hydroxyl groups excluding tert-OH is 1. The van der Waals surface area contributed by atoms with E-state index in [1.165, 1.54) is 21.6 Å². The molecule has 230 valence electrons. The molecule has 0 aliphatic carbocycles. The first-order valence-electron chi connectivity index (χ1n) is 15.1. The largest absolute Gasteiger partial charge is 0.494 e. The maximum absolute atomic E-state index is 13.0. The lowest BCUT2D eigenvalue weighted by Crippen LogP contribution is -2.48. The monoisotopic (exact) mass is 589 g/mol. The predicted octanol–water partition coefficient (Wildman–Crippen LogP) is 5.86. The van der Waals surface area contributed by atoms with E-state index < -0.39 is 24.1 Å². The van der Waals surface area contributed by atoms with E-state index in [4.69, 9.17) is 14.2 Å². The number of aliphatic hydroxyl groups is 1. The average molecular weight is 590 g/mol. The normalized spacial score (nSPS) is 13.3. The van der Waals surface area contributed by atoms with Crippen LogP contribution in [0.5, 0.6) is 17.2 Å². The lowest BCUT2D eigenvalue weighted by atomic mass is 10.0. The molecule has 2 unspecified atom stereocenters. The second-order valence-electron chi connectivity index (χ2n) is 11.3. The Morgan fingerprint density at radius 2 is 1.65 bits per heavy atom. The van der Waals surface area contributed by atoms with Gasteiger partial charge in [0.25, 0.3) is 5.91 Å². The number of benzene rings is 3. The third-order valence-corrected chi connectivity index (χ3v) is 7.90. The second kappa shape index (κ2) is 15.5. The van der Waals surface area contributed by atoms with E-state index in [9.17, 15) is 19.8 Å². The highest BCUT2D eigenvalue weighted by Gasteiger charge is 2.34. The van der Waals surface area contributed by atoms with E-state index >= 15 is 0 Å². The van der Waals surface area contributed by atoms with Gasteiger partial charge in [0.2, 0.25) is 0 Å². The van der Waals surface area contributed by atoms with Crippen LogP contribution in [0.2, 0.25) is 0 Å². The number of amides is 1. The molecular weight excluding hydrogens is 546 g/mol. The molecule has 0 fully saturated rings. The molecule has 1 aliphatic rings. The Hall–Kier alpha value is -3.88. The Labute approximate surface area is 254 Å². The molecule has 3 aromatic rings. The number of hydrogen-bond donors (Lipinski definition) is 2. The van der Waals surface area contributed by atoms with Gasteiger partial charge in [0.05, 0.1) is 6.61 Å². The first kappa shape index (κ1) is 32.0. The third-order valence-electron chi connectivity index (χ3n) is 7.90. The number of nitrogens with zero attached hydrogens (tertiary/aromatic N) is 1. The van der Waals surface area contributed by atoms with Crippen molar-refractivity contribution in [3.05, 3.63) is 88.5 Å². The molecule has 43 heavy (non-hydrogen) atoms. The fourth-order valence-electron chi connectivity index (χ4n) is 5.13. The first-order valence-corrected chi connectivity index (χ1v) is 15.1. The van der Waals surface area contributed by atoms with Crippen molar-refractivity contribution >= 4 is 11.9 Å². The lowest BCUT2D eigenvalue weighted by molar-refractivity contribution is -0.166. The molecule has 0 bridgehead atoms. The van der Waals surface area contributed by atoms with E-state index in [0.29, 0.717) is 32.4 Å². The molecule has 2 N–H and O–H groups in total. The quantitative estimate of drug-likeness (QED) is 0.158. The van der Waals surface area contributed by atoms with Gasteiger partial charge in [-0.2, -0.15) is 0 Å². The van der Waals surface area contributed by atoms with Gasteiger partial charge in [0.1, 0.15) is 17.2 Å². The Balaban J connectivity index is 1.16. The van der Waals surface area contributed by atoms with Crippen molar-refractivity contribution in [1.29, 1.82) is 0 Å². The summed E-state index contributed by atoms with van der Waals surface area (Å²) in [5.41, 5.74) is 6.05. The van der Waals surface area contributed by atoms with Crippen LogP contribution in [0.25, 0.3) is 0 Å². The molecule has 1 amide bonds. The highest BCUT2D eigenvalue weighted by atomic mass is 16.5. The summed E-state index contributed by atoms with van der Waals surface area (Å²) in [4.78, 5) is 25.9. The molecule has 1 aliphatic heterocycles. The molecule has 4 rings (SSSR count). The van der Waals surface area contributed by atoms with Crippen molar-refractivity contribution in [2.24, 2.45) is 0 Å². The average Bonchev–Trinajstić information content (AvgIpc) is 3.00. The summed E-state index contributed by atoms with van der Waals surface area (Å²) in [5, 5.41) is 19.5. The third kappa shape index (κ3) is 9.05. The summed E-state index contributed by atoms with van der Waals surface area (Å²) >= 11 is 0. The summed E-state index contributed by atoms with van der Waals surface area (Å²) in [6, 6.07) is 20.3. The fourth-order valence-corrected chi connectivity index (χ4v) is 5.13. The molecule has 3 aromatic carbocycles. The molecule has 8 nitrogen and oxygen atoms in total. The summed E-state index contributed by atoms with van der Waals surface area (Å²) < 4.78 is 17.6. The van der Waals surface area contributed by atoms with E-state index in [2.05, 4.69) is 38.1 Å². The number of para-hydroxylation sites is 1. The SMILES string of the molecule is Cc1ccc(CCCCCOC(C(=O)N(C)CCCCOc2ccc3c(c2)Cc2ccccc2O3)C(O)C(=O)O)cc1C. The number of hydrogen-bond acceptors (Lipinski definition) is 6. The molecule has 0 radical (unpaired) electrons. The van der Waals surface area contributed by atoms with Gasteiger partial charge in [-0.25, -0.2) is 4.79 Å². The summed E-state index contributed by atoms with van der Waals surface area (Å²) in [5.74, 6) is 0.464. The van der Waals surface area contributed by atoms with Crippen LogP contribution in [0.3, 0.4) is 0 Å². The van der Waals surface area contributed by atoms with Gasteiger partial charge >= 0.3 is 5.97 Å². The van der Waals surface area contributed by atoms with E-state index in [1.54, 1.807) is 7.05 Å². The molecule has 0 spiro atoms. The van der Waals surface area contributed by atoms with Gasteiger partial charge in [-0.15, -0.1) is 0 Å². The minimum Gasteiger partial charge on any atom is -0.494 e. The highest BCUT2D eigenvalue weighted by Crippen LogP contribution is 2.37. The van der Waals surface area contributed by atoms with Gasteiger partial charge in [0, 0.05) is 32.2 Å². The zero-order chi connectivity index (χ0) is 30.8. The van der Waals surface area contributed by atoms with Crippen LogP contribution in [0.1, 0.15) is 59.9 Å². The van der Waals surface area contributed by atoms with Crippen LogP contribution in [0, 0.1) is 13.8 Å². The van der Waals surface area contributed by atoms with Gasteiger partial charge in [-0.1, -0.05) is 42.8 Å². The van der Waals surface area contributed by atoms with Crippen molar-refractivity contribution in [3.8, 4) is 17.2 Å². The van der Waals surface area contributed by atoms with Gasteiger partial charge < -0.3 is 29.3 Å². The Morgan fingerprint density at radius 3 is 2.44 bits per heavy atom. The number of aliphatic carboxylic acids is 1. The molecule has 0 saturated heterocycles. The van der Waals surface area contributed by atoms with Crippen LogP contribution < -0.4 is 9.47 Å². The zero-order valence-electron chi connectivity index (χ0n) is 25.4. The number of rotatable bonds is 16. The zero-order valence-corrected chi connectivity index (χ0v) is 25.4. The number of carboxylic acid groups (broad SMARTS) is 1. The number of fused-ring (bicyclic) bond motifs is 2. The standard InChI is InChI=1S/C35H43NO7/c1-24-14-15-26(21-25(24)2)11-5-4-9-20-42-33(32(37)35(39)40)34(38)36(3)18-8-10-19-41-29-16-17-31-28(23-29)22-27-12-6-7-13-30(27)43-31/h6-7,12-17,21,23,32-33,37H,4-5,8-11,18-20,22H2,1-3H3,(H,39,40). The number of unbranched alkanes of at least 4 members (excludes halogenated alkanes) is 3. The van der Waals surface area contributed by atoms with Crippen molar-refractivity contribution in [2.75, 3.05) is 26.8 Å².